The van der Waals surface area contributed by atoms with Crippen molar-refractivity contribution < 1.29 is 0 Å². The predicted octanol–water partition coefficient (Wildman–Crippen LogP) is 3.97. The third kappa shape index (κ3) is 1.73. The molecule has 0 N–H and O–H groups in total. The minimum Gasteiger partial charge on any atom is -0.320 e. The first-order chi connectivity index (χ1) is 8.77. The number of hydrogen-bond donors (Lipinski definition) is 0. The Balaban J connectivity index is 2.44. The van der Waals surface area contributed by atoms with Gasteiger partial charge in [0.15, 0.2) is 4.77 Å². The second-order valence-corrected chi connectivity index (χ2v) is 4.55. The minimum absolute atomic E-state index is 0.604. The summed E-state index contributed by atoms with van der Waals surface area (Å²) < 4.78 is 2.55. The smallest absolute Gasteiger partial charge is 0.200 e. The summed E-state index contributed by atoms with van der Waals surface area (Å²) in [4.78, 5) is 4.55. The molecular weight excluding hydrogens is 240 g/mol. The van der Waals surface area contributed by atoms with Crippen molar-refractivity contribution in [2.75, 3.05) is 0 Å². The molecule has 0 aliphatic carbocycles. The van der Waals surface area contributed by atoms with Crippen LogP contribution in [-0.2, 0) is 7.05 Å². The number of nitrogens with zero attached hydrogens (tertiary/aromatic N) is 2. The van der Waals surface area contributed by atoms with E-state index < -0.39 is 0 Å². The van der Waals surface area contributed by atoms with Crippen LogP contribution in [0.2, 0.25) is 0 Å². The first kappa shape index (κ1) is 11.1. The van der Waals surface area contributed by atoms with Crippen LogP contribution in [0.5, 0.6) is 0 Å². The zero-order valence-corrected chi connectivity index (χ0v) is 10.8. The maximum Gasteiger partial charge on any atom is 0.200 e. The second kappa shape index (κ2) is 4.35. The first-order valence-corrected chi connectivity index (χ1v) is 6.19. The van der Waals surface area contributed by atoms with Crippen LogP contribution in [0.25, 0.3) is 22.2 Å². The highest BCUT2D eigenvalue weighted by Gasteiger charge is 2.07. The Morgan fingerprint density at radius 3 is 2.39 bits per heavy atom. The van der Waals surface area contributed by atoms with E-state index in [-0.39, 0.29) is 0 Å². The lowest BCUT2D eigenvalue weighted by atomic mass is 10.1. The molecule has 1 aromatic heterocycles. The third-order valence-electron chi connectivity index (χ3n) is 3.06. The van der Waals surface area contributed by atoms with Crippen LogP contribution in [0.1, 0.15) is 0 Å². The summed E-state index contributed by atoms with van der Waals surface area (Å²) in [5.74, 6) is 0. The summed E-state index contributed by atoms with van der Waals surface area (Å²) >= 11 is 5.32. The summed E-state index contributed by atoms with van der Waals surface area (Å²) in [6.45, 7) is 0. The molecule has 18 heavy (non-hydrogen) atoms. The maximum atomic E-state index is 5.32. The highest BCUT2D eigenvalue weighted by Crippen LogP contribution is 2.26. The largest absolute Gasteiger partial charge is 0.320 e. The molecule has 1 heterocycles. The quantitative estimate of drug-likeness (QED) is 0.610. The van der Waals surface area contributed by atoms with Crippen molar-refractivity contribution in [1.29, 1.82) is 0 Å². The molecule has 0 aliphatic rings. The van der Waals surface area contributed by atoms with Gasteiger partial charge in [-0.05, 0) is 18.3 Å². The van der Waals surface area contributed by atoms with Gasteiger partial charge in [-0.25, -0.2) is 4.98 Å². The Morgan fingerprint density at radius 2 is 1.61 bits per heavy atom. The normalized spacial score (nSPS) is 10.7. The highest BCUT2D eigenvalue weighted by atomic mass is 32.1. The van der Waals surface area contributed by atoms with E-state index in [9.17, 15) is 0 Å². The standard InChI is InChI=1S/C15H12N2S/c1-17-13-10-6-5-9-12(13)14(16-15(17)18)11-7-3-2-4-8-11/h2-10H,1H3. The fraction of sp³-hybridized carbons (Fsp3) is 0.0667. The van der Waals surface area contributed by atoms with Gasteiger partial charge in [0.1, 0.15) is 0 Å². The molecule has 2 nitrogen and oxygen atoms in total. The van der Waals surface area contributed by atoms with Crippen LogP contribution in [0.4, 0.5) is 0 Å². The lowest BCUT2D eigenvalue weighted by Crippen LogP contribution is -1.99. The molecule has 0 spiro atoms. The van der Waals surface area contributed by atoms with Crippen molar-refractivity contribution in [3.63, 3.8) is 0 Å². The second-order valence-electron chi connectivity index (χ2n) is 4.19. The summed E-state index contributed by atoms with van der Waals surface area (Å²) in [7, 11) is 1.95. The molecule has 0 saturated carbocycles. The van der Waals surface area contributed by atoms with Crippen LogP contribution in [0, 0.1) is 4.77 Å². The number of para-hydroxylation sites is 1. The molecule has 0 unspecified atom stereocenters. The molecular formula is C15H12N2S. The number of hydrogen-bond acceptors (Lipinski definition) is 2. The van der Waals surface area contributed by atoms with E-state index in [1.807, 2.05) is 41.9 Å². The van der Waals surface area contributed by atoms with Gasteiger partial charge in [0, 0.05) is 18.0 Å². The molecule has 3 rings (SSSR count). The Kier molecular flexibility index (Phi) is 2.68. The van der Waals surface area contributed by atoms with E-state index >= 15 is 0 Å². The van der Waals surface area contributed by atoms with Crippen molar-refractivity contribution >= 4 is 23.1 Å². The summed E-state index contributed by atoms with van der Waals surface area (Å²) in [5, 5.41) is 1.12. The molecule has 0 bridgehead atoms. The van der Waals surface area contributed by atoms with E-state index in [4.69, 9.17) is 12.2 Å². The van der Waals surface area contributed by atoms with Crippen molar-refractivity contribution in [3.05, 3.63) is 59.4 Å². The van der Waals surface area contributed by atoms with Gasteiger partial charge in [-0.3, -0.25) is 0 Å². The number of fused-ring (bicyclic) bond motifs is 1. The topological polar surface area (TPSA) is 17.8 Å². The van der Waals surface area contributed by atoms with Gasteiger partial charge in [-0.1, -0.05) is 48.5 Å². The average molecular weight is 252 g/mol. The molecule has 0 radical (unpaired) electrons. The van der Waals surface area contributed by atoms with Gasteiger partial charge in [-0.15, -0.1) is 0 Å². The summed E-state index contributed by atoms with van der Waals surface area (Å²) in [6.07, 6.45) is 0. The lowest BCUT2D eigenvalue weighted by Gasteiger charge is -2.10. The molecule has 0 amide bonds. The number of aryl methyl sites for hydroxylation is 1. The van der Waals surface area contributed by atoms with Crippen molar-refractivity contribution in [1.82, 2.24) is 9.55 Å². The molecule has 2 aromatic carbocycles. The van der Waals surface area contributed by atoms with Gasteiger partial charge in [0.25, 0.3) is 0 Å². The predicted molar refractivity (Wildman–Crippen MR) is 77.0 cm³/mol. The van der Waals surface area contributed by atoms with Gasteiger partial charge < -0.3 is 4.57 Å². The van der Waals surface area contributed by atoms with E-state index in [1.54, 1.807) is 0 Å². The monoisotopic (exact) mass is 252 g/mol. The molecule has 0 saturated heterocycles. The molecule has 88 valence electrons. The van der Waals surface area contributed by atoms with Crippen LogP contribution >= 0.6 is 12.2 Å². The Morgan fingerprint density at radius 1 is 0.944 bits per heavy atom. The zero-order chi connectivity index (χ0) is 12.5. The lowest BCUT2D eigenvalue weighted by molar-refractivity contribution is 0.891. The molecule has 0 fully saturated rings. The fourth-order valence-electron chi connectivity index (χ4n) is 2.12. The Labute approximate surface area is 111 Å². The summed E-state index contributed by atoms with van der Waals surface area (Å²) in [6, 6.07) is 18.4. The van der Waals surface area contributed by atoms with Crippen molar-refractivity contribution in [2.24, 2.45) is 7.05 Å². The van der Waals surface area contributed by atoms with Crippen LogP contribution in [0.3, 0.4) is 0 Å². The minimum atomic E-state index is 0.604. The SMILES string of the molecule is Cn1c(=S)nc(-c2ccccc2)c2ccccc21. The van der Waals surface area contributed by atoms with Crippen molar-refractivity contribution in [2.45, 2.75) is 0 Å². The molecule has 3 aromatic rings. The van der Waals surface area contributed by atoms with Gasteiger partial charge in [0.2, 0.25) is 0 Å². The van der Waals surface area contributed by atoms with Gasteiger partial charge in [0.05, 0.1) is 11.2 Å². The van der Waals surface area contributed by atoms with E-state index in [0.29, 0.717) is 4.77 Å². The third-order valence-corrected chi connectivity index (χ3v) is 3.43. The van der Waals surface area contributed by atoms with Crippen LogP contribution in [-0.4, -0.2) is 9.55 Å². The van der Waals surface area contributed by atoms with Crippen LogP contribution < -0.4 is 0 Å². The Bertz CT molecular complexity index is 760. The van der Waals surface area contributed by atoms with E-state index in [0.717, 1.165) is 22.2 Å². The van der Waals surface area contributed by atoms with E-state index in [2.05, 4.69) is 29.2 Å². The number of rotatable bonds is 1. The first-order valence-electron chi connectivity index (χ1n) is 5.78. The Hall–Kier alpha value is -2.00. The number of aromatic nitrogens is 2. The van der Waals surface area contributed by atoms with Crippen molar-refractivity contribution in [3.8, 4) is 11.3 Å². The number of benzene rings is 2. The van der Waals surface area contributed by atoms with E-state index in [1.165, 1.54) is 0 Å². The maximum absolute atomic E-state index is 5.32. The van der Waals surface area contributed by atoms with Gasteiger partial charge >= 0.3 is 0 Å². The average Bonchev–Trinajstić information content (AvgIpc) is 2.44. The highest BCUT2D eigenvalue weighted by molar-refractivity contribution is 7.71. The molecule has 3 heteroatoms. The molecule has 0 atom stereocenters. The zero-order valence-electron chi connectivity index (χ0n) is 10.00. The van der Waals surface area contributed by atoms with Crippen LogP contribution in [0.15, 0.2) is 54.6 Å². The fourth-order valence-corrected chi connectivity index (χ4v) is 2.31. The molecule has 0 aliphatic heterocycles. The van der Waals surface area contributed by atoms with Gasteiger partial charge in [-0.2, -0.15) is 0 Å². The summed E-state index contributed by atoms with van der Waals surface area (Å²) in [5.41, 5.74) is 3.16.